The summed E-state index contributed by atoms with van der Waals surface area (Å²) in [5.41, 5.74) is 4.71. The van der Waals surface area contributed by atoms with Crippen LogP contribution in [0.3, 0.4) is 0 Å². The second-order valence-corrected chi connectivity index (χ2v) is 10.8. The number of sulfonamides is 1. The minimum atomic E-state index is -4.25. The fraction of sp³-hybridized carbons (Fsp3) is 0.333. The highest BCUT2D eigenvalue weighted by Crippen LogP contribution is 2.24. The standard InChI is InChI=1S/C24H28FN3O3S/c1-15-10-16(2)20(17(3)11-15)14-28-21(13-22(26-28)24(4,5)6)23(29)27-32(30,31)19-9-7-8-18(25)12-19/h7-13H,14H2,1-6H3,(H,27,29). The molecule has 1 amide bonds. The first kappa shape index (κ1) is 23.7. The molecule has 0 saturated heterocycles. The zero-order valence-corrected chi connectivity index (χ0v) is 20.0. The van der Waals surface area contributed by atoms with Crippen LogP contribution in [0, 0.1) is 26.6 Å². The Hall–Kier alpha value is -3.00. The number of benzene rings is 2. The van der Waals surface area contributed by atoms with Gasteiger partial charge in [-0.05, 0) is 61.7 Å². The van der Waals surface area contributed by atoms with Crippen LogP contribution in [0.5, 0.6) is 0 Å². The molecule has 170 valence electrons. The van der Waals surface area contributed by atoms with Gasteiger partial charge in [0.15, 0.2) is 0 Å². The molecule has 1 heterocycles. The second kappa shape index (κ2) is 8.50. The number of carbonyl (C=O) groups is 1. The molecule has 0 bridgehead atoms. The maximum Gasteiger partial charge on any atom is 0.283 e. The molecular formula is C24H28FN3O3S. The lowest BCUT2D eigenvalue weighted by atomic mass is 9.92. The Bertz CT molecular complexity index is 1270. The van der Waals surface area contributed by atoms with Crippen molar-refractivity contribution in [3.8, 4) is 0 Å². The number of halogens is 1. The number of aryl methyl sites for hydroxylation is 3. The van der Waals surface area contributed by atoms with Crippen molar-refractivity contribution < 1.29 is 17.6 Å². The van der Waals surface area contributed by atoms with Gasteiger partial charge in [-0.25, -0.2) is 17.5 Å². The Morgan fingerprint density at radius 1 is 1.06 bits per heavy atom. The molecule has 0 atom stereocenters. The summed E-state index contributed by atoms with van der Waals surface area (Å²) >= 11 is 0. The molecule has 8 heteroatoms. The minimum Gasteiger partial charge on any atom is -0.266 e. The SMILES string of the molecule is Cc1cc(C)c(Cn2nc(C(C)(C)C)cc2C(=O)NS(=O)(=O)c2cccc(F)c2)c(C)c1. The lowest BCUT2D eigenvalue weighted by molar-refractivity contribution is 0.0971. The molecule has 2 aromatic carbocycles. The summed E-state index contributed by atoms with van der Waals surface area (Å²) in [7, 11) is -4.25. The molecule has 32 heavy (non-hydrogen) atoms. The lowest BCUT2D eigenvalue weighted by Crippen LogP contribution is -2.32. The van der Waals surface area contributed by atoms with E-state index in [-0.39, 0.29) is 16.0 Å². The maximum atomic E-state index is 13.5. The average Bonchev–Trinajstić information content (AvgIpc) is 3.09. The number of amides is 1. The van der Waals surface area contributed by atoms with Crippen LogP contribution in [0.15, 0.2) is 47.4 Å². The average molecular weight is 458 g/mol. The largest absolute Gasteiger partial charge is 0.283 e. The van der Waals surface area contributed by atoms with Gasteiger partial charge in [0, 0.05) is 5.41 Å². The van der Waals surface area contributed by atoms with Crippen molar-refractivity contribution in [2.75, 3.05) is 0 Å². The van der Waals surface area contributed by atoms with Crippen molar-refractivity contribution >= 4 is 15.9 Å². The van der Waals surface area contributed by atoms with Gasteiger partial charge >= 0.3 is 0 Å². The first-order chi connectivity index (χ1) is 14.8. The molecule has 1 aromatic heterocycles. The fourth-order valence-electron chi connectivity index (χ4n) is 3.56. The quantitative estimate of drug-likeness (QED) is 0.615. The molecule has 0 unspecified atom stereocenters. The Labute approximate surface area is 188 Å². The van der Waals surface area contributed by atoms with E-state index >= 15 is 0 Å². The van der Waals surface area contributed by atoms with Crippen LogP contribution in [-0.4, -0.2) is 24.1 Å². The van der Waals surface area contributed by atoms with Crippen molar-refractivity contribution in [2.24, 2.45) is 0 Å². The summed E-state index contributed by atoms with van der Waals surface area (Å²) in [6, 6.07) is 10.2. The summed E-state index contributed by atoms with van der Waals surface area (Å²) in [6.07, 6.45) is 0. The monoisotopic (exact) mass is 457 g/mol. The van der Waals surface area contributed by atoms with Gasteiger partial charge in [0.05, 0.1) is 17.1 Å². The number of aromatic nitrogens is 2. The van der Waals surface area contributed by atoms with E-state index in [0.29, 0.717) is 12.2 Å². The van der Waals surface area contributed by atoms with Crippen molar-refractivity contribution in [3.63, 3.8) is 0 Å². The summed E-state index contributed by atoms with van der Waals surface area (Å²) in [5.74, 6) is -1.52. The molecule has 3 aromatic rings. The highest BCUT2D eigenvalue weighted by Gasteiger charge is 2.26. The summed E-state index contributed by atoms with van der Waals surface area (Å²) < 4.78 is 42.4. The third kappa shape index (κ3) is 5.07. The number of hydrogen-bond acceptors (Lipinski definition) is 4. The number of rotatable bonds is 5. The number of nitrogens with one attached hydrogen (secondary N) is 1. The molecule has 0 aliphatic heterocycles. The van der Waals surface area contributed by atoms with Crippen LogP contribution >= 0.6 is 0 Å². The molecule has 0 saturated carbocycles. The van der Waals surface area contributed by atoms with Crippen molar-refractivity contribution in [1.29, 1.82) is 0 Å². The predicted molar refractivity (Wildman–Crippen MR) is 122 cm³/mol. The topological polar surface area (TPSA) is 81.1 Å². The molecule has 0 spiro atoms. The molecule has 0 aliphatic carbocycles. The highest BCUT2D eigenvalue weighted by atomic mass is 32.2. The maximum absolute atomic E-state index is 13.5. The van der Waals surface area contributed by atoms with E-state index in [0.717, 1.165) is 34.4 Å². The minimum absolute atomic E-state index is 0.120. The van der Waals surface area contributed by atoms with Gasteiger partial charge in [0.25, 0.3) is 15.9 Å². The first-order valence-corrected chi connectivity index (χ1v) is 11.7. The van der Waals surface area contributed by atoms with Gasteiger partial charge < -0.3 is 0 Å². The normalized spacial score (nSPS) is 12.1. The van der Waals surface area contributed by atoms with E-state index in [1.54, 1.807) is 6.07 Å². The first-order valence-electron chi connectivity index (χ1n) is 10.3. The Morgan fingerprint density at radius 3 is 2.25 bits per heavy atom. The fourth-order valence-corrected chi connectivity index (χ4v) is 4.56. The van der Waals surface area contributed by atoms with Crippen LogP contribution in [0.4, 0.5) is 4.39 Å². The zero-order chi connectivity index (χ0) is 23.8. The Morgan fingerprint density at radius 2 is 1.69 bits per heavy atom. The van der Waals surface area contributed by atoms with Gasteiger partial charge in [-0.3, -0.25) is 9.48 Å². The van der Waals surface area contributed by atoms with Crippen molar-refractivity contribution in [3.05, 3.63) is 81.9 Å². The number of carbonyl (C=O) groups excluding carboxylic acids is 1. The molecule has 1 N–H and O–H groups in total. The number of hydrogen-bond donors (Lipinski definition) is 1. The van der Waals surface area contributed by atoms with E-state index in [1.165, 1.54) is 16.8 Å². The van der Waals surface area contributed by atoms with Crippen LogP contribution in [-0.2, 0) is 22.0 Å². The van der Waals surface area contributed by atoms with Gasteiger partial charge in [0.1, 0.15) is 11.5 Å². The van der Waals surface area contributed by atoms with Gasteiger partial charge in [-0.15, -0.1) is 0 Å². The molecule has 3 rings (SSSR count). The summed E-state index contributed by atoms with van der Waals surface area (Å²) in [5, 5.41) is 4.62. The molecule has 0 fully saturated rings. The second-order valence-electron chi connectivity index (χ2n) is 9.09. The van der Waals surface area contributed by atoms with Crippen molar-refractivity contribution in [1.82, 2.24) is 14.5 Å². The van der Waals surface area contributed by atoms with Crippen molar-refractivity contribution in [2.45, 2.75) is 58.4 Å². The van der Waals surface area contributed by atoms with E-state index in [4.69, 9.17) is 0 Å². The van der Waals surface area contributed by atoms with Crippen LogP contribution in [0.2, 0.25) is 0 Å². The lowest BCUT2D eigenvalue weighted by Gasteiger charge is -2.15. The Balaban J connectivity index is 2.02. The van der Waals surface area contributed by atoms with E-state index < -0.39 is 21.7 Å². The Kier molecular flexibility index (Phi) is 6.29. The van der Waals surface area contributed by atoms with Crippen LogP contribution < -0.4 is 4.72 Å². The third-order valence-electron chi connectivity index (χ3n) is 5.26. The molecular weight excluding hydrogens is 429 g/mol. The smallest absolute Gasteiger partial charge is 0.266 e. The van der Waals surface area contributed by atoms with E-state index in [9.17, 15) is 17.6 Å². The van der Waals surface area contributed by atoms with E-state index in [1.807, 2.05) is 41.5 Å². The highest BCUT2D eigenvalue weighted by molar-refractivity contribution is 7.90. The number of nitrogens with zero attached hydrogens (tertiary/aromatic N) is 2. The van der Waals surface area contributed by atoms with Crippen LogP contribution in [0.25, 0.3) is 0 Å². The predicted octanol–water partition coefficient (Wildman–Crippen LogP) is 4.41. The third-order valence-corrected chi connectivity index (χ3v) is 6.59. The molecule has 6 nitrogen and oxygen atoms in total. The van der Waals surface area contributed by atoms with Gasteiger partial charge in [-0.1, -0.05) is 44.5 Å². The zero-order valence-electron chi connectivity index (χ0n) is 19.2. The molecule has 0 radical (unpaired) electrons. The molecule has 0 aliphatic rings. The van der Waals surface area contributed by atoms with Crippen LogP contribution in [0.1, 0.15) is 59.2 Å². The summed E-state index contributed by atoms with van der Waals surface area (Å²) in [6.45, 7) is 12.2. The van der Waals surface area contributed by atoms with E-state index in [2.05, 4.69) is 22.0 Å². The van der Waals surface area contributed by atoms with Gasteiger partial charge in [-0.2, -0.15) is 5.10 Å². The van der Waals surface area contributed by atoms with Gasteiger partial charge in [0.2, 0.25) is 0 Å². The summed E-state index contributed by atoms with van der Waals surface area (Å²) in [4.78, 5) is 12.7.